The molecule has 6 nitrogen and oxygen atoms in total. The molecule has 3 rings (SSSR count). The van der Waals surface area contributed by atoms with Crippen LogP contribution in [0.4, 0.5) is 11.4 Å². The zero-order valence-corrected chi connectivity index (χ0v) is 17.0. The molecule has 27 heavy (non-hydrogen) atoms. The molecule has 0 N–H and O–H groups in total. The molecule has 1 aliphatic heterocycles. The van der Waals surface area contributed by atoms with Crippen LogP contribution in [0.1, 0.15) is 22.8 Å². The van der Waals surface area contributed by atoms with Crippen LogP contribution >= 0.6 is 15.9 Å². The van der Waals surface area contributed by atoms with E-state index in [4.69, 9.17) is 4.74 Å². The van der Waals surface area contributed by atoms with E-state index in [0.29, 0.717) is 30.2 Å². The van der Waals surface area contributed by atoms with E-state index in [-0.39, 0.29) is 11.9 Å². The molecule has 2 aromatic rings. The number of hydrogen-bond donors (Lipinski definition) is 0. The third kappa shape index (κ3) is 4.09. The van der Waals surface area contributed by atoms with E-state index in [0.717, 1.165) is 15.7 Å². The molecule has 2 aromatic carbocycles. The number of carbonyl (C=O) groups excluding carboxylic acids is 2. The number of fused-ring (bicyclic) bond motifs is 1. The normalized spacial score (nSPS) is 14.8. The maximum absolute atomic E-state index is 13.0. The van der Waals surface area contributed by atoms with E-state index < -0.39 is 0 Å². The van der Waals surface area contributed by atoms with Gasteiger partial charge in [-0.3, -0.25) is 14.6 Å². The molecule has 1 heterocycles. The fourth-order valence-corrected chi connectivity index (χ4v) is 3.19. The number of benzene rings is 2. The van der Waals surface area contributed by atoms with Crippen LogP contribution in [0.2, 0.25) is 0 Å². The lowest BCUT2D eigenvalue weighted by Gasteiger charge is -2.21. The van der Waals surface area contributed by atoms with Crippen LogP contribution in [-0.4, -0.2) is 49.9 Å². The maximum atomic E-state index is 13.0. The van der Waals surface area contributed by atoms with Crippen molar-refractivity contribution in [1.82, 2.24) is 4.90 Å². The Balaban J connectivity index is 1.97. The molecule has 0 radical (unpaired) electrons. The SMILES string of the molecule is CCOC(=O)c1ccc(N=C2C(=O)N(CN(C)C)c3ccc(Br)cc32)cc1. The van der Waals surface area contributed by atoms with Gasteiger partial charge in [-0.2, -0.15) is 0 Å². The van der Waals surface area contributed by atoms with Crippen LogP contribution in [0, 0.1) is 0 Å². The molecule has 0 fully saturated rings. The van der Waals surface area contributed by atoms with Crippen molar-refractivity contribution in [3.05, 3.63) is 58.1 Å². The van der Waals surface area contributed by atoms with E-state index in [1.165, 1.54) is 0 Å². The lowest BCUT2D eigenvalue weighted by atomic mass is 10.1. The quantitative estimate of drug-likeness (QED) is 0.680. The second-order valence-corrected chi connectivity index (χ2v) is 7.26. The summed E-state index contributed by atoms with van der Waals surface area (Å²) >= 11 is 3.46. The fraction of sp³-hybridized carbons (Fsp3) is 0.250. The minimum absolute atomic E-state index is 0.147. The van der Waals surface area contributed by atoms with Crippen molar-refractivity contribution in [3.63, 3.8) is 0 Å². The first-order valence-electron chi connectivity index (χ1n) is 8.53. The van der Waals surface area contributed by atoms with Crippen molar-refractivity contribution < 1.29 is 14.3 Å². The number of aliphatic imine (C=N–C) groups is 1. The van der Waals surface area contributed by atoms with Gasteiger partial charge in [0.1, 0.15) is 5.71 Å². The van der Waals surface area contributed by atoms with Gasteiger partial charge in [-0.15, -0.1) is 0 Å². The van der Waals surface area contributed by atoms with Crippen LogP contribution in [-0.2, 0) is 9.53 Å². The van der Waals surface area contributed by atoms with Gasteiger partial charge in [0.05, 0.1) is 30.2 Å². The van der Waals surface area contributed by atoms with E-state index in [2.05, 4.69) is 20.9 Å². The van der Waals surface area contributed by atoms with Gasteiger partial charge >= 0.3 is 5.97 Å². The largest absolute Gasteiger partial charge is 0.462 e. The lowest BCUT2D eigenvalue weighted by molar-refractivity contribution is -0.112. The summed E-state index contributed by atoms with van der Waals surface area (Å²) in [7, 11) is 3.82. The van der Waals surface area contributed by atoms with Crippen molar-refractivity contribution in [2.75, 3.05) is 32.3 Å². The van der Waals surface area contributed by atoms with Gasteiger partial charge in [0.2, 0.25) is 0 Å². The minimum atomic E-state index is -0.375. The number of hydrogen-bond acceptors (Lipinski definition) is 5. The van der Waals surface area contributed by atoms with Crippen molar-refractivity contribution in [2.45, 2.75) is 6.92 Å². The Bertz CT molecular complexity index is 907. The van der Waals surface area contributed by atoms with Crippen LogP contribution in [0.25, 0.3) is 0 Å². The second-order valence-electron chi connectivity index (χ2n) is 6.34. The van der Waals surface area contributed by atoms with Gasteiger partial charge < -0.3 is 4.74 Å². The smallest absolute Gasteiger partial charge is 0.338 e. The Hall–Kier alpha value is -2.51. The number of esters is 1. The second kappa shape index (κ2) is 8.02. The Labute approximate surface area is 166 Å². The highest BCUT2D eigenvalue weighted by atomic mass is 79.9. The maximum Gasteiger partial charge on any atom is 0.338 e. The highest BCUT2D eigenvalue weighted by molar-refractivity contribution is 9.10. The summed E-state index contributed by atoms with van der Waals surface area (Å²) < 4.78 is 5.86. The van der Waals surface area contributed by atoms with E-state index in [1.807, 2.05) is 37.2 Å². The average Bonchev–Trinajstić information content (AvgIpc) is 2.87. The summed E-state index contributed by atoms with van der Waals surface area (Å²) in [6.45, 7) is 2.55. The van der Waals surface area contributed by atoms with Gasteiger partial charge in [0.25, 0.3) is 5.91 Å². The Morgan fingerprint density at radius 1 is 1.19 bits per heavy atom. The molecule has 0 bridgehead atoms. The topological polar surface area (TPSA) is 62.2 Å². The molecule has 0 unspecified atom stereocenters. The summed E-state index contributed by atoms with van der Waals surface area (Å²) in [4.78, 5) is 32.9. The lowest BCUT2D eigenvalue weighted by Crippen LogP contribution is -2.37. The average molecular weight is 430 g/mol. The number of nitrogens with zero attached hydrogens (tertiary/aromatic N) is 3. The van der Waals surface area contributed by atoms with Crippen LogP contribution in [0.15, 0.2) is 51.9 Å². The van der Waals surface area contributed by atoms with Gasteiger partial charge in [-0.05, 0) is 63.5 Å². The molecule has 7 heteroatoms. The molecule has 140 valence electrons. The van der Waals surface area contributed by atoms with Crippen LogP contribution in [0.5, 0.6) is 0 Å². The highest BCUT2D eigenvalue weighted by Crippen LogP contribution is 2.33. The Morgan fingerprint density at radius 2 is 1.89 bits per heavy atom. The molecule has 0 aromatic heterocycles. The molecule has 1 amide bonds. The first kappa shape index (κ1) is 19.3. The molecule has 0 spiro atoms. The fourth-order valence-electron chi connectivity index (χ4n) is 2.83. The third-order valence-electron chi connectivity index (χ3n) is 4.00. The van der Waals surface area contributed by atoms with E-state index in [9.17, 15) is 9.59 Å². The van der Waals surface area contributed by atoms with Crippen molar-refractivity contribution in [3.8, 4) is 0 Å². The molecular formula is C20H20BrN3O3. The van der Waals surface area contributed by atoms with E-state index >= 15 is 0 Å². The van der Waals surface area contributed by atoms with Crippen LogP contribution < -0.4 is 4.90 Å². The number of ether oxygens (including phenoxy) is 1. The first-order chi connectivity index (χ1) is 12.9. The predicted molar refractivity (Wildman–Crippen MR) is 109 cm³/mol. The minimum Gasteiger partial charge on any atom is -0.462 e. The van der Waals surface area contributed by atoms with Crippen LogP contribution in [0.3, 0.4) is 0 Å². The molecular weight excluding hydrogens is 410 g/mol. The number of carbonyl (C=O) groups is 2. The standard InChI is InChI=1S/C20H20BrN3O3/c1-4-27-20(26)13-5-8-15(9-6-13)22-18-16-11-14(21)7-10-17(16)24(19(18)25)12-23(2)3/h5-11H,4,12H2,1-3H3. The Morgan fingerprint density at radius 3 is 2.52 bits per heavy atom. The zero-order chi connectivity index (χ0) is 19.6. The van der Waals surface area contributed by atoms with Gasteiger partial charge in [0.15, 0.2) is 0 Å². The van der Waals surface area contributed by atoms with Gasteiger partial charge in [-0.25, -0.2) is 9.79 Å². The first-order valence-corrected chi connectivity index (χ1v) is 9.32. The number of anilines is 1. The third-order valence-corrected chi connectivity index (χ3v) is 4.49. The number of amides is 1. The van der Waals surface area contributed by atoms with E-state index in [1.54, 1.807) is 36.1 Å². The summed E-state index contributed by atoms with van der Waals surface area (Å²) in [5.41, 5.74) is 3.06. The zero-order valence-electron chi connectivity index (χ0n) is 15.4. The number of rotatable bonds is 5. The summed E-state index contributed by atoms with van der Waals surface area (Å²) in [5.74, 6) is -0.522. The summed E-state index contributed by atoms with van der Waals surface area (Å²) in [5, 5.41) is 0. The summed E-state index contributed by atoms with van der Waals surface area (Å²) in [6.07, 6.45) is 0. The molecule has 0 saturated carbocycles. The molecule has 0 aliphatic carbocycles. The molecule has 0 atom stereocenters. The van der Waals surface area contributed by atoms with Gasteiger partial charge in [-0.1, -0.05) is 15.9 Å². The summed E-state index contributed by atoms with van der Waals surface area (Å²) in [6, 6.07) is 12.4. The molecule has 0 saturated heterocycles. The predicted octanol–water partition coefficient (Wildman–Crippen LogP) is 3.61. The molecule has 1 aliphatic rings. The van der Waals surface area contributed by atoms with Crippen molar-refractivity contribution in [2.24, 2.45) is 4.99 Å². The van der Waals surface area contributed by atoms with Gasteiger partial charge in [0, 0.05) is 10.0 Å². The van der Waals surface area contributed by atoms with Crippen molar-refractivity contribution >= 4 is 44.9 Å². The highest BCUT2D eigenvalue weighted by Gasteiger charge is 2.34. The number of halogens is 1. The Kier molecular flexibility index (Phi) is 5.72. The monoisotopic (exact) mass is 429 g/mol. The van der Waals surface area contributed by atoms with Crippen molar-refractivity contribution in [1.29, 1.82) is 0 Å².